The summed E-state index contributed by atoms with van der Waals surface area (Å²) in [6.07, 6.45) is 0. The van der Waals surface area contributed by atoms with Crippen LogP contribution < -0.4 is 118 Å². The van der Waals surface area contributed by atoms with Crippen molar-refractivity contribution in [2.45, 2.75) is 0 Å². The van der Waals surface area contributed by atoms with E-state index in [4.69, 9.17) is 0 Å². The van der Waals surface area contributed by atoms with Gasteiger partial charge in [-0.05, 0) is 0 Å². The van der Waals surface area contributed by atoms with Crippen molar-refractivity contribution in [1.82, 2.24) is 0 Å². The van der Waals surface area contributed by atoms with Crippen LogP contribution >= 0.6 is 0 Å². The maximum atomic E-state index is 0. The standard InChI is InChI=1S/4Na.Pt/q4*+1;+2. The van der Waals surface area contributed by atoms with Crippen LogP contribution in [-0.4, -0.2) is 0 Å². The summed E-state index contributed by atoms with van der Waals surface area (Å²) in [5, 5.41) is 0. The van der Waals surface area contributed by atoms with Crippen LogP contribution in [0, 0.1) is 0 Å². The van der Waals surface area contributed by atoms with E-state index in [9.17, 15) is 0 Å². The molecule has 0 fully saturated rings. The second-order valence-electron chi connectivity index (χ2n) is 0. The fourth-order valence-corrected chi connectivity index (χ4v) is 0. The Morgan fingerprint density at radius 1 is 0.400 bits per heavy atom. The Hall–Kier alpha value is 4.69. The van der Waals surface area contributed by atoms with Crippen LogP contribution in [0.2, 0.25) is 0 Å². The molecule has 0 radical (unpaired) electrons. The van der Waals surface area contributed by atoms with E-state index in [-0.39, 0.29) is 139 Å². The average Bonchev–Trinajstić information content (AvgIpc) is 0. The third kappa shape index (κ3) is 17.7. The van der Waals surface area contributed by atoms with Gasteiger partial charge in [-0.3, -0.25) is 0 Å². The summed E-state index contributed by atoms with van der Waals surface area (Å²) in [4.78, 5) is 0. The molecule has 0 atom stereocenters. The van der Waals surface area contributed by atoms with E-state index in [0.717, 1.165) is 0 Å². The van der Waals surface area contributed by atoms with Crippen LogP contribution in [0.3, 0.4) is 0 Å². The minimum Gasteiger partial charge on any atom is 1.00 e. The van der Waals surface area contributed by atoms with Gasteiger partial charge >= 0.3 is 139 Å². The quantitative estimate of drug-likeness (QED) is 0.388. The van der Waals surface area contributed by atoms with E-state index < -0.39 is 0 Å². The monoisotopic (exact) mass is 287 g/mol. The molecule has 0 saturated carbocycles. The van der Waals surface area contributed by atoms with Crippen LogP contribution in [-0.2, 0) is 21.1 Å². The zero-order valence-electron chi connectivity index (χ0n) is 4.32. The summed E-state index contributed by atoms with van der Waals surface area (Å²) >= 11 is 0. The predicted molar refractivity (Wildman–Crippen MR) is 0 cm³/mol. The molecule has 0 aliphatic carbocycles. The first-order valence-electron chi connectivity index (χ1n) is 0. The van der Waals surface area contributed by atoms with Crippen LogP contribution in [0.25, 0.3) is 0 Å². The first-order valence-corrected chi connectivity index (χ1v) is 0. The molecule has 0 nitrogen and oxygen atoms in total. The molecule has 0 bridgehead atoms. The first kappa shape index (κ1) is 33.3. The molecule has 0 aliphatic heterocycles. The van der Waals surface area contributed by atoms with Gasteiger partial charge in [0.1, 0.15) is 0 Å². The summed E-state index contributed by atoms with van der Waals surface area (Å²) in [7, 11) is 0. The van der Waals surface area contributed by atoms with Crippen molar-refractivity contribution in [3.8, 4) is 0 Å². The molecule has 0 aromatic heterocycles. The Kier molecular flexibility index (Phi) is 155. The minimum atomic E-state index is 0. The number of hydrogen-bond donors (Lipinski definition) is 0. The molecule has 0 N–H and O–H groups in total. The fourth-order valence-electron chi connectivity index (χ4n) is 0. The molecule has 0 spiro atoms. The minimum absolute atomic E-state index is 0. The summed E-state index contributed by atoms with van der Waals surface area (Å²) in [6.45, 7) is 0. The molecule has 5 heteroatoms. The molecule has 0 heterocycles. The molecule has 0 aliphatic rings. The van der Waals surface area contributed by atoms with Gasteiger partial charge < -0.3 is 0 Å². The maximum absolute atomic E-state index is 0. The smallest absolute Gasteiger partial charge is 1.00 e. The molecule has 8 valence electrons. The van der Waals surface area contributed by atoms with Gasteiger partial charge in [0.05, 0.1) is 0 Å². The molecule has 5 heavy (non-hydrogen) atoms. The molecule has 0 unspecified atom stereocenters. The van der Waals surface area contributed by atoms with Gasteiger partial charge in [-0.15, -0.1) is 0 Å². The van der Waals surface area contributed by atoms with E-state index in [0.29, 0.717) is 0 Å². The third-order valence-corrected chi connectivity index (χ3v) is 0. The Balaban J connectivity index is 0. The number of hydrogen-bond acceptors (Lipinski definition) is 0. The molecule has 0 amide bonds. The van der Waals surface area contributed by atoms with Gasteiger partial charge in [-0.1, -0.05) is 0 Å². The Bertz CT molecular complexity index is 3.61. The second kappa shape index (κ2) is 23.4. The van der Waals surface area contributed by atoms with Gasteiger partial charge in [0.25, 0.3) is 0 Å². The van der Waals surface area contributed by atoms with Crippen molar-refractivity contribution in [1.29, 1.82) is 0 Å². The van der Waals surface area contributed by atoms with Gasteiger partial charge in [0.2, 0.25) is 0 Å². The molecule has 0 saturated heterocycles. The van der Waals surface area contributed by atoms with Crippen molar-refractivity contribution < 1.29 is 139 Å². The van der Waals surface area contributed by atoms with E-state index in [1.54, 1.807) is 0 Å². The molecule has 0 aromatic carbocycles. The van der Waals surface area contributed by atoms with Crippen molar-refractivity contribution in [2.75, 3.05) is 0 Å². The molecular weight excluding hydrogens is 287 g/mol. The number of rotatable bonds is 0. The summed E-state index contributed by atoms with van der Waals surface area (Å²) in [5.74, 6) is 0. The van der Waals surface area contributed by atoms with E-state index in [2.05, 4.69) is 0 Å². The van der Waals surface area contributed by atoms with E-state index in [1.165, 1.54) is 0 Å². The molecule has 0 aromatic rings. The van der Waals surface area contributed by atoms with Gasteiger partial charge in [-0.2, -0.15) is 0 Å². The zero-order valence-corrected chi connectivity index (χ0v) is 14.6. The van der Waals surface area contributed by atoms with Gasteiger partial charge in [-0.25, -0.2) is 0 Å². The normalized spacial score (nSPS) is 0. The van der Waals surface area contributed by atoms with Crippen molar-refractivity contribution in [3.63, 3.8) is 0 Å². The summed E-state index contributed by atoms with van der Waals surface area (Å²) < 4.78 is 0. The Morgan fingerprint density at radius 3 is 0.400 bits per heavy atom. The van der Waals surface area contributed by atoms with Crippen LogP contribution in [0.4, 0.5) is 0 Å². The average molecular weight is 287 g/mol. The van der Waals surface area contributed by atoms with Gasteiger partial charge in [0, 0.05) is 0 Å². The SMILES string of the molecule is [Na+].[Na+].[Na+].[Na+].[Pt+2]. The van der Waals surface area contributed by atoms with Crippen LogP contribution in [0.15, 0.2) is 0 Å². The summed E-state index contributed by atoms with van der Waals surface area (Å²) in [5.41, 5.74) is 0. The van der Waals surface area contributed by atoms with Gasteiger partial charge in [0.15, 0.2) is 0 Å². The molecular formula is Na4Pt+6. The third-order valence-electron chi connectivity index (χ3n) is 0. The Morgan fingerprint density at radius 2 is 0.400 bits per heavy atom. The Labute approximate surface area is 135 Å². The molecule has 0 rings (SSSR count). The largest absolute Gasteiger partial charge is 2.00 e. The topological polar surface area (TPSA) is 0 Å². The zero-order chi connectivity index (χ0) is 0. The van der Waals surface area contributed by atoms with Crippen molar-refractivity contribution >= 4 is 0 Å². The first-order chi connectivity index (χ1) is 0. The van der Waals surface area contributed by atoms with E-state index >= 15 is 0 Å². The van der Waals surface area contributed by atoms with Crippen molar-refractivity contribution in [3.05, 3.63) is 0 Å². The maximum Gasteiger partial charge on any atom is 2.00 e. The second-order valence-corrected chi connectivity index (χ2v) is 0. The van der Waals surface area contributed by atoms with Crippen LogP contribution in [0.1, 0.15) is 0 Å². The fraction of sp³-hybridized carbons (Fsp3) is 0. The van der Waals surface area contributed by atoms with Crippen LogP contribution in [0.5, 0.6) is 0 Å². The van der Waals surface area contributed by atoms with Crippen molar-refractivity contribution in [2.24, 2.45) is 0 Å². The summed E-state index contributed by atoms with van der Waals surface area (Å²) in [6, 6.07) is 0. The predicted octanol–water partition coefficient (Wildman–Crippen LogP) is -12.0. The van der Waals surface area contributed by atoms with E-state index in [1.807, 2.05) is 0 Å².